The van der Waals surface area contributed by atoms with E-state index in [-0.39, 0.29) is 11.4 Å². The molecule has 6 heteroatoms. The van der Waals surface area contributed by atoms with Crippen LogP contribution in [0.2, 0.25) is 0 Å². The minimum Gasteiger partial charge on any atom is -0.366 e. The standard InChI is InChI=1S/C9H9N5O/c10-8(15)6-4-5-2-1-3-7(5)12-9(6)13-14-11/h4H,1-3H2,(H2,10,15). The number of nitrogens with zero attached hydrogens (tertiary/aromatic N) is 4. The minimum atomic E-state index is -0.611. The lowest BCUT2D eigenvalue weighted by molar-refractivity contribution is 0.100. The van der Waals surface area contributed by atoms with Crippen molar-refractivity contribution in [2.75, 3.05) is 0 Å². The fourth-order valence-corrected chi connectivity index (χ4v) is 1.76. The van der Waals surface area contributed by atoms with E-state index >= 15 is 0 Å². The van der Waals surface area contributed by atoms with Crippen LogP contribution in [-0.4, -0.2) is 10.9 Å². The van der Waals surface area contributed by atoms with Gasteiger partial charge in [-0.1, -0.05) is 0 Å². The third-order valence-electron chi connectivity index (χ3n) is 2.44. The van der Waals surface area contributed by atoms with Crippen molar-refractivity contribution in [3.8, 4) is 0 Å². The second-order valence-electron chi connectivity index (χ2n) is 3.37. The molecule has 0 unspecified atom stereocenters. The number of amides is 1. The van der Waals surface area contributed by atoms with Crippen LogP contribution in [0, 0.1) is 0 Å². The number of carbonyl (C=O) groups is 1. The smallest absolute Gasteiger partial charge is 0.250 e. The van der Waals surface area contributed by atoms with Crippen molar-refractivity contribution in [1.29, 1.82) is 0 Å². The van der Waals surface area contributed by atoms with Crippen LogP contribution < -0.4 is 5.73 Å². The number of aromatic nitrogens is 1. The molecule has 1 heterocycles. The van der Waals surface area contributed by atoms with Crippen LogP contribution in [0.15, 0.2) is 11.2 Å². The quantitative estimate of drug-likeness (QED) is 0.448. The van der Waals surface area contributed by atoms with Gasteiger partial charge in [0, 0.05) is 10.6 Å². The highest BCUT2D eigenvalue weighted by molar-refractivity contribution is 5.97. The summed E-state index contributed by atoms with van der Waals surface area (Å²) >= 11 is 0. The number of hydrogen-bond acceptors (Lipinski definition) is 3. The molecule has 0 aliphatic heterocycles. The number of carbonyl (C=O) groups excluding carboxylic acids is 1. The molecule has 0 saturated carbocycles. The Kier molecular flexibility index (Phi) is 2.27. The summed E-state index contributed by atoms with van der Waals surface area (Å²) < 4.78 is 0. The Labute approximate surface area is 85.7 Å². The molecule has 76 valence electrons. The Morgan fingerprint density at radius 1 is 1.60 bits per heavy atom. The Hall–Kier alpha value is -2.07. The molecule has 0 saturated heterocycles. The second-order valence-corrected chi connectivity index (χ2v) is 3.37. The van der Waals surface area contributed by atoms with Crippen LogP contribution in [0.25, 0.3) is 10.4 Å². The largest absolute Gasteiger partial charge is 0.366 e. The molecule has 1 aliphatic rings. The molecular formula is C9H9N5O. The number of primary amides is 1. The first-order valence-electron chi connectivity index (χ1n) is 4.60. The molecule has 2 N–H and O–H groups in total. The summed E-state index contributed by atoms with van der Waals surface area (Å²) in [6, 6.07) is 1.68. The summed E-state index contributed by atoms with van der Waals surface area (Å²) in [7, 11) is 0. The SMILES string of the molecule is [N-]=[N+]=Nc1nc2c(cc1C(N)=O)CCC2. The van der Waals surface area contributed by atoms with Crippen molar-refractivity contribution in [3.63, 3.8) is 0 Å². The van der Waals surface area contributed by atoms with Crippen molar-refractivity contribution >= 4 is 11.7 Å². The number of rotatable bonds is 2. The zero-order chi connectivity index (χ0) is 10.8. The third-order valence-corrected chi connectivity index (χ3v) is 2.44. The van der Waals surface area contributed by atoms with Crippen molar-refractivity contribution < 1.29 is 4.79 Å². The molecule has 6 nitrogen and oxygen atoms in total. The predicted molar refractivity (Wildman–Crippen MR) is 53.6 cm³/mol. The summed E-state index contributed by atoms with van der Waals surface area (Å²) in [5, 5.41) is 3.37. The highest BCUT2D eigenvalue weighted by atomic mass is 16.1. The molecule has 0 bridgehead atoms. The highest BCUT2D eigenvalue weighted by Gasteiger charge is 2.17. The molecule has 1 aromatic heterocycles. The van der Waals surface area contributed by atoms with Gasteiger partial charge in [-0.25, -0.2) is 0 Å². The van der Waals surface area contributed by atoms with E-state index in [0.29, 0.717) is 0 Å². The number of fused-ring (bicyclic) bond motifs is 1. The number of nitrogens with two attached hydrogens (primary N) is 1. The summed E-state index contributed by atoms with van der Waals surface area (Å²) in [4.78, 5) is 17.9. The van der Waals surface area contributed by atoms with Gasteiger partial charge in [0.15, 0.2) is 0 Å². The Bertz CT molecular complexity index is 447. The molecule has 0 spiro atoms. The van der Waals surface area contributed by atoms with E-state index in [1.165, 1.54) is 0 Å². The topological polar surface area (TPSA) is 105 Å². The van der Waals surface area contributed by atoms with E-state index in [4.69, 9.17) is 11.3 Å². The third kappa shape index (κ3) is 1.62. The molecule has 15 heavy (non-hydrogen) atoms. The summed E-state index contributed by atoms with van der Waals surface area (Å²) in [5.41, 5.74) is 15.7. The van der Waals surface area contributed by atoms with E-state index in [1.54, 1.807) is 6.07 Å². The number of azide groups is 1. The first-order valence-corrected chi connectivity index (χ1v) is 4.60. The number of pyridine rings is 1. The fourth-order valence-electron chi connectivity index (χ4n) is 1.76. The Morgan fingerprint density at radius 2 is 2.40 bits per heavy atom. The van der Waals surface area contributed by atoms with Crippen molar-refractivity contribution in [3.05, 3.63) is 33.3 Å². The lowest BCUT2D eigenvalue weighted by Crippen LogP contribution is -2.12. The van der Waals surface area contributed by atoms with Gasteiger partial charge < -0.3 is 5.73 Å². The fraction of sp³-hybridized carbons (Fsp3) is 0.333. The van der Waals surface area contributed by atoms with Gasteiger partial charge >= 0.3 is 0 Å². The van der Waals surface area contributed by atoms with Gasteiger partial charge in [0.2, 0.25) is 0 Å². The molecule has 1 amide bonds. The lowest BCUT2D eigenvalue weighted by Gasteiger charge is -2.04. The number of aryl methyl sites for hydroxylation is 2. The maximum Gasteiger partial charge on any atom is 0.250 e. The van der Waals surface area contributed by atoms with Crippen LogP contribution >= 0.6 is 0 Å². The average Bonchev–Trinajstić information content (AvgIpc) is 2.63. The molecule has 2 rings (SSSR count). The maximum absolute atomic E-state index is 11.1. The van der Waals surface area contributed by atoms with Crippen molar-refractivity contribution in [2.45, 2.75) is 19.3 Å². The molecule has 1 aliphatic carbocycles. The Morgan fingerprint density at radius 3 is 3.07 bits per heavy atom. The van der Waals surface area contributed by atoms with Gasteiger partial charge in [-0.05, 0) is 41.5 Å². The van der Waals surface area contributed by atoms with E-state index < -0.39 is 5.91 Å². The molecule has 0 aromatic carbocycles. The monoisotopic (exact) mass is 203 g/mol. The van der Waals surface area contributed by atoms with Crippen LogP contribution in [0.1, 0.15) is 28.0 Å². The van der Waals surface area contributed by atoms with Crippen molar-refractivity contribution in [2.24, 2.45) is 10.8 Å². The van der Waals surface area contributed by atoms with Crippen LogP contribution in [0.3, 0.4) is 0 Å². The molecule has 0 atom stereocenters. The number of hydrogen-bond donors (Lipinski definition) is 1. The maximum atomic E-state index is 11.1. The van der Waals surface area contributed by atoms with E-state index in [9.17, 15) is 4.79 Å². The molecular weight excluding hydrogens is 194 g/mol. The second kappa shape index (κ2) is 3.59. The van der Waals surface area contributed by atoms with Gasteiger partial charge in [0.25, 0.3) is 5.91 Å². The van der Waals surface area contributed by atoms with Crippen molar-refractivity contribution in [1.82, 2.24) is 4.98 Å². The van der Waals surface area contributed by atoms with Crippen LogP contribution in [0.4, 0.5) is 5.82 Å². The first-order chi connectivity index (χ1) is 7.22. The van der Waals surface area contributed by atoms with Gasteiger partial charge in [-0.2, -0.15) is 0 Å². The van der Waals surface area contributed by atoms with Gasteiger partial charge in [-0.3, -0.25) is 9.78 Å². The van der Waals surface area contributed by atoms with Crippen LogP contribution in [-0.2, 0) is 12.8 Å². The Balaban J connectivity index is 2.61. The highest BCUT2D eigenvalue weighted by Crippen LogP contribution is 2.26. The minimum absolute atomic E-state index is 0.0886. The van der Waals surface area contributed by atoms with Gasteiger partial charge in [0.1, 0.15) is 5.82 Å². The van der Waals surface area contributed by atoms with E-state index in [1.807, 2.05) is 0 Å². The normalized spacial score (nSPS) is 13.1. The predicted octanol–water partition coefficient (Wildman–Crippen LogP) is 1.61. The molecule has 0 fully saturated rings. The summed E-state index contributed by atoms with van der Waals surface area (Å²) in [6.45, 7) is 0. The first kappa shape index (κ1) is 9.48. The molecule has 1 aromatic rings. The lowest BCUT2D eigenvalue weighted by atomic mass is 10.1. The zero-order valence-electron chi connectivity index (χ0n) is 7.97. The van der Waals surface area contributed by atoms with Gasteiger partial charge in [0.05, 0.1) is 5.56 Å². The van der Waals surface area contributed by atoms with E-state index in [0.717, 1.165) is 30.5 Å². The summed E-state index contributed by atoms with van der Waals surface area (Å²) in [6.07, 6.45) is 2.78. The van der Waals surface area contributed by atoms with E-state index in [2.05, 4.69) is 15.0 Å². The zero-order valence-corrected chi connectivity index (χ0v) is 7.97. The van der Waals surface area contributed by atoms with Crippen LogP contribution in [0.5, 0.6) is 0 Å². The summed E-state index contributed by atoms with van der Waals surface area (Å²) in [5.74, 6) is -0.523. The average molecular weight is 203 g/mol. The van der Waals surface area contributed by atoms with Gasteiger partial charge in [-0.15, -0.1) is 0 Å². The molecule has 0 radical (unpaired) electrons.